The molecule has 0 spiro atoms. The number of aryl methyl sites for hydroxylation is 1. The van der Waals surface area contributed by atoms with Crippen molar-refractivity contribution in [1.82, 2.24) is 0 Å². The van der Waals surface area contributed by atoms with E-state index >= 15 is 0 Å². The van der Waals surface area contributed by atoms with Gasteiger partial charge in [-0.25, -0.2) is 10.2 Å². The van der Waals surface area contributed by atoms with Crippen molar-refractivity contribution in [2.75, 3.05) is 0 Å². The van der Waals surface area contributed by atoms with Crippen LogP contribution in [0.25, 0.3) is 0 Å². The van der Waals surface area contributed by atoms with Gasteiger partial charge in [-0.05, 0) is 6.92 Å². The van der Waals surface area contributed by atoms with Gasteiger partial charge in [-0.2, -0.15) is 0 Å². The van der Waals surface area contributed by atoms with Gasteiger partial charge in [0.1, 0.15) is 0 Å². The molecule has 68 valence electrons. The lowest BCUT2D eigenvalue weighted by atomic mass is 10.2. The summed E-state index contributed by atoms with van der Waals surface area (Å²) in [6, 6.07) is 6.43. The molecule has 0 unspecified atom stereocenters. The summed E-state index contributed by atoms with van der Waals surface area (Å²) < 4.78 is 0. The van der Waals surface area contributed by atoms with Crippen LogP contribution in [0, 0.1) is 22.4 Å². The van der Waals surface area contributed by atoms with E-state index in [0.717, 1.165) is 11.6 Å². The molecule has 0 bridgehead atoms. The van der Waals surface area contributed by atoms with Gasteiger partial charge >= 0.3 is 0 Å². The first-order chi connectivity index (χ1) is 6.11. The predicted octanol–water partition coefficient (Wildman–Crippen LogP) is 1.80. The van der Waals surface area contributed by atoms with E-state index in [2.05, 4.69) is 0 Å². The Hall–Kier alpha value is -2.00. The molecule has 0 saturated heterocycles. The van der Waals surface area contributed by atoms with Crippen LogP contribution in [-0.2, 0) is 4.79 Å². The molecule has 0 radical (unpaired) electrons. The number of nitro benzene ring substituents is 1. The second-order valence-corrected chi connectivity index (χ2v) is 2.19. The smallest absolute Gasteiger partial charge is 0.258 e. The quantitative estimate of drug-likeness (QED) is 0.309. The van der Waals surface area contributed by atoms with Gasteiger partial charge in [0.25, 0.3) is 5.69 Å². The van der Waals surface area contributed by atoms with E-state index in [9.17, 15) is 10.1 Å². The van der Waals surface area contributed by atoms with E-state index in [4.69, 9.17) is 10.2 Å². The number of benzene rings is 1. The number of isocyanates is 1. The summed E-state index contributed by atoms with van der Waals surface area (Å²) in [4.78, 5) is 18.1. The van der Waals surface area contributed by atoms with Crippen molar-refractivity contribution in [2.45, 2.75) is 6.92 Å². The Balaban J connectivity index is 0.000000424. The molecule has 0 saturated carbocycles. The molecule has 0 aliphatic heterocycles. The molecule has 0 heterocycles. The molecule has 0 atom stereocenters. The molecule has 0 aliphatic carbocycles. The molecule has 5 nitrogen and oxygen atoms in total. The minimum absolute atomic E-state index is 0.144. The van der Waals surface area contributed by atoms with Gasteiger partial charge < -0.3 is 0 Å². The van der Waals surface area contributed by atoms with Crippen LogP contribution >= 0.6 is 0 Å². The molecule has 5 heteroatoms. The SMILES string of the molecule is Cc1ccc([N+](=O)[O-])cc1.N=C=O. The minimum Gasteiger partial charge on any atom is -0.258 e. The summed E-state index contributed by atoms with van der Waals surface area (Å²) in [6.45, 7) is 1.89. The number of nitrogens with zero attached hydrogens (tertiary/aromatic N) is 1. The third kappa shape index (κ3) is 4.44. The lowest BCUT2D eigenvalue weighted by Crippen LogP contribution is -1.86. The first kappa shape index (κ1) is 11.0. The Bertz CT molecular complexity index is 313. The molecule has 0 fully saturated rings. The molecule has 1 aromatic carbocycles. The van der Waals surface area contributed by atoms with Gasteiger partial charge in [0.15, 0.2) is 0 Å². The Morgan fingerprint density at radius 1 is 1.38 bits per heavy atom. The fraction of sp³-hybridized carbons (Fsp3) is 0.125. The highest BCUT2D eigenvalue weighted by Gasteiger charge is 2.00. The standard InChI is InChI=1S/C7H7NO2.CHNO/c1-6-2-4-7(5-3-6)8(9)10;2-1-3/h2-5H,1H3;2H. The maximum atomic E-state index is 10.1. The highest BCUT2D eigenvalue weighted by Crippen LogP contribution is 2.10. The summed E-state index contributed by atoms with van der Waals surface area (Å²) in [5.41, 5.74) is 1.18. The van der Waals surface area contributed by atoms with Gasteiger partial charge in [-0.1, -0.05) is 17.7 Å². The Labute approximate surface area is 74.7 Å². The van der Waals surface area contributed by atoms with Crippen LogP contribution in [0.2, 0.25) is 0 Å². The number of hydrogen-bond acceptors (Lipinski definition) is 4. The number of rotatable bonds is 1. The average molecular weight is 180 g/mol. The van der Waals surface area contributed by atoms with Crippen LogP contribution in [0.3, 0.4) is 0 Å². The van der Waals surface area contributed by atoms with E-state index in [-0.39, 0.29) is 5.69 Å². The van der Waals surface area contributed by atoms with Gasteiger partial charge in [0.2, 0.25) is 6.08 Å². The normalized spacial score (nSPS) is 7.77. The lowest BCUT2D eigenvalue weighted by Gasteiger charge is -1.90. The first-order valence-electron chi connectivity index (χ1n) is 3.36. The van der Waals surface area contributed by atoms with Crippen LogP contribution in [-0.4, -0.2) is 11.0 Å². The molecule has 1 aromatic rings. The van der Waals surface area contributed by atoms with Crippen LogP contribution in [0.1, 0.15) is 5.56 Å². The summed E-state index contributed by atoms with van der Waals surface area (Å²) in [7, 11) is 0. The first-order valence-corrected chi connectivity index (χ1v) is 3.36. The second-order valence-electron chi connectivity index (χ2n) is 2.19. The molecular weight excluding hydrogens is 172 g/mol. The average Bonchev–Trinajstić information content (AvgIpc) is 2.06. The van der Waals surface area contributed by atoms with Crippen molar-refractivity contribution in [2.24, 2.45) is 0 Å². The molecular formula is C8H8N2O3. The summed E-state index contributed by atoms with van der Waals surface area (Å²) >= 11 is 0. The van der Waals surface area contributed by atoms with E-state index in [0.29, 0.717) is 0 Å². The van der Waals surface area contributed by atoms with Crippen molar-refractivity contribution in [1.29, 1.82) is 5.41 Å². The third-order valence-electron chi connectivity index (χ3n) is 1.24. The van der Waals surface area contributed by atoms with Crippen molar-refractivity contribution in [3.05, 3.63) is 39.9 Å². The lowest BCUT2D eigenvalue weighted by molar-refractivity contribution is -0.384. The van der Waals surface area contributed by atoms with E-state index < -0.39 is 4.92 Å². The molecule has 0 amide bonds. The molecule has 0 aromatic heterocycles. The van der Waals surface area contributed by atoms with Gasteiger partial charge in [0.05, 0.1) is 4.92 Å². The van der Waals surface area contributed by atoms with Gasteiger partial charge in [-0.15, -0.1) is 0 Å². The van der Waals surface area contributed by atoms with E-state index in [1.807, 2.05) is 6.92 Å². The molecule has 13 heavy (non-hydrogen) atoms. The highest BCUT2D eigenvalue weighted by molar-refractivity contribution is 5.32. The maximum Gasteiger partial charge on any atom is 0.269 e. The van der Waals surface area contributed by atoms with Crippen LogP contribution in [0.5, 0.6) is 0 Å². The zero-order valence-electron chi connectivity index (χ0n) is 6.98. The number of hydrogen-bond donors (Lipinski definition) is 1. The summed E-state index contributed by atoms with van der Waals surface area (Å²) in [5, 5.41) is 15.5. The van der Waals surface area contributed by atoms with Crippen molar-refractivity contribution in [3.63, 3.8) is 0 Å². The van der Waals surface area contributed by atoms with Crippen LogP contribution in [0.4, 0.5) is 5.69 Å². The Kier molecular flexibility index (Phi) is 4.76. The Morgan fingerprint density at radius 3 is 2.08 bits per heavy atom. The zero-order chi connectivity index (χ0) is 10.3. The van der Waals surface area contributed by atoms with Crippen LogP contribution in [0.15, 0.2) is 24.3 Å². The third-order valence-corrected chi connectivity index (χ3v) is 1.24. The minimum atomic E-state index is -0.403. The largest absolute Gasteiger partial charge is 0.269 e. The topological polar surface area (TPSA) is 84.1 Å². The van der Waals surface area contributed by atoms with Gasteiger partial charge in [0, 0.05) is 12.1 Å². The van der Waals surface area contributed by atoms with Crippen molar-refractivity contribution < 1.29 is 9.72 Å². The summed E-state index contributed by atoms with van der Waals surface area (Å²) in [5.74, 6) is 0. The number of nitro groups is 1. The zero-order valence-corrected chi connectivity index (χ0v) is 6.98. The van der Waals surface area contributed by atoms with Gasteiger partial charge in [-0.3, -0.25) is 10.1 Å². The molecule has 0 aliphatic rings. The monoisotopic (exact) mass is 180 g/mol. The second kappa shape index (κ2) is 5.62. The number of non-ortho nitro benzene ring substituents is 1. The Morgan fingerprint density at radius 2 is 1.77 bits per heavy atom. The number of nitrogens with one attached hydrogen (secondary N) is 1. The van der Waals surface area contributed by atoms with Crippen molar-refractivity contribution in [3.8, 4) is 0 Å². The van der Waals surface area contributed by atoms with Crippen molar-refractivity contribution >= 4 is 11.8 Å². The van der Waals surface area contributed by atoms with E-state index in [1.165, 1.54) is 12.1 Å². The number of carbonyl (C=O) groups excluding carboxylic acids is 1. The fourth-order valence-electron chi connectivity index (χ4n) is 0.666. The predicted molar refractivity (Wildman–Crippen MR) is 46.2 cm³/mol. The molecule has 1 rings (SSSR count). The summed E-state index contributed by atoms with van der Waals surface area (Å²) in [6.07, 6.45) is 0.750. The maximum absolute atomic E-state index is 10.1. The van der Waals surface area contributed by atoms with Crippen LogP contribution < -0.4 is 0 Å². The molecule has 1 N–H and O–H groups in total. The highest BCUT2D eigenvalue weighted by atomic mass is 16.6. The fourth-order valence-corrected chi connectivity index (χ4v) is 0.666. The van der Waals surface area contributed by atoms with E-state index in [1.54, 1.807) is 12.1 Å².